The maximum atomic E-state index is 4.54. The van der Waals surface area contributed by atoms with Gasteiger partial charge in [-0.1, -0.05) is 52.0 Å². The van der Waals surface area contributed by atoms with E-state index in [0.29, 0.717) is 12.0 Å². The van der Waals surface area contributed by atoms with Crippen LogP contribution in [0.5, 0.6) is 0 Å². The normalized spacial score (nSPS) is 19.7. The third-order valence-corrected chi connectivity index (χ3v) is 4.83. The van der Waals surface area contributed by atoms with Gasteiger partial charge in [0.15, 0.2) is 0 Å². The lowest BCUT2D eigenvalue weighted by Crippen LogP contribution is -2.34. The van der Waals surface area contributed by atoms with Crippen LogP contribution in [0.2, 0.25) is 0 Å². The van der Waals surface area contributed by atoms with E-state index < -0.39 is 0 Å². The summed E-state index contributed by atoms with van der Waals surface area (Å²) < 4.78 is 0. The van der Waals surface area contributed by atoms with Crippen molar-refractivity contribution in [3.63, 3.8) is 0 Å². The molecule has 0 aromatic carbocycles. The largest absolute Gasteiger partial charge is 0.314 e. The number of nitrogens with zero attached hydrogens (tertiary/aromatic N) is 1. The smallest absolute Gasteiger partial charge is 0.0447 e. The zero-order valence-corrected chi connectivity index (χ0v) is 13.1. The Labute approximate surface area is 124 Å². The highest BCUT2D eigenvalue weighted by molar-refractivity contribution is 5.11. The van der Waals surface area contributed by atoms with E-state index in [1.54, 1.807) is 0 Å². The molecule has 2 unspecified atom stereocenters. The Hall–Kier alpha value is -0.890. The maximum Gasteiger partial charge on any atom is 0.0447 e. The van der Waals surface area contributed by atoms with Gasteiger partial charge in [0, 0.05) is 23.9 Å². The molecule has 0 saturated heterocycles. The molecule has 1 aromatic rings. The number of nitrogens with one attached hydrogen (secondary N) is 1. The van der Waals surface area contributed by atoms with Crippen LogP contribution in [-0.2, 0) is 0 Å². The van der Waals surface area contributed by atoms with Crippen molar-refractivity contribution in [3.05, 3.63) is 30.1 Å². The molecule has 0 spiro atoms. The topological polar surface area (TPSA) is 24.9 Å². The van der Waals surface area contributed by atoms with Crippen LogP contribution in [0.1, 0.15) is 70.4 Å². The van der Waals surface area contributed by atoms with Crippen LogP contribution in [0.25, 0.3) is 0 Å². The highest BCUT2D eigenvalue weighted by Gasteiger charge is 2.21. The van der Waals surface area contributed by atoms with E-state index in [4.69, 9.17) is 0 Å². The first-order chi connectivity index (χ1) is 9.81. The summed E-state index contributed by atoms with van der Waals surface area (Å²) >= 11 is 0. The lowest BCUT2D eigenvalue weighted by atomic mass is 9.83. The Bertz CT molecular complexity index is 357. The summed E-state index contributed by atoms with van der Waals surface area (Å²) in [7, 11) is 0. The van der Waals surface area contributed by atoms with Gasteiger partial charge in [-0.05, 0) is 37.4 Å². The molecule has 112 valence electrons. The van der Waals surface area contributed by atoms with E-state index in [0.717, 1.165) is 12.5 Å². The fourth-order valence-electron chi connectivity index (χ4n) is 3.53. The van der Waals surface area contributed by atoms with Crippen LogP contribution in [-0.4, -0.2) is 17.6 Å². The first-order valence-electron chi connectivity index (χ1n) is 8.45. The molecule has 1 saturated carbocycles. The molecular formula is C18H30N2. The predicted octanol–water partition coefficient (Wildman–Crippen LogP) is 4.52. The van der Waals surface area contributed by atoms with Crippen LogP contribution >= 0.6 is 0 Å². The van der Waals surface area contributed by atoms with Gasteiger partial charge >= 0.3 is 0 Å². The van der Waals surface area contributed by atoms with Gasteiger partial charge in [0.05, 0.1) is 0 Å². The Kier molecular flexibility index (Phi) is 6.52. The van der Waals surface area contributed by atoms with E-state index in [9.17, 15) is 0 Å². The van der Waals surface area contributed by atoms with Crippen molar-refractivity contribution in [1.29, 1.82) is 0 Å². The lowest BCUT2D eigenvalue weighted by Gasteiger charge is -2.28. The minimum Gasteiger partial charge on any atom is -0.314 e. The second-order valence-electron chi connectivity index (χ2n) is 6.29. The SMILES string of the molecule is CCNC(CCC1CCCCC1)C(C)c1ccccn1. The van der Waals surface area contributed by atoms with Crippen LogP contribution < -0.4 is 5.32 Å². The number of hydrogen-bond acceptors (Lipinski definition) is 2. The van der Waals surface area contributed by atoms with Crippen molar-refractivity contribution >= 4 is 0 Å². The molecule has 0 amide bonds. The summed E-state index contributed by atoms with van der Waals surface area (Å²) in [5, 5.41) is 3.68. The summed E-state index contributed by atoms with van der Waals surface area (Å²) in [6.07, 6.45) is 11.9. The van der Waals surface area contributed by atoms with Gasteiger partial charge in [0.1, 0.15) is 0 Å². The monoisotopic (exact) mass is 274 g/mol. The van der Waals surface area contributed by atoms with Crippen LogP contribution in [0, 0.1) is 5.92 Å². The first kappa shape index (κ1) is 15.5. The molecule has 20 heavy (non-hydrogen) atoms. The number of hydrogen-bond donors (Lipinski definition) is 1. The van der Waals surface area contributed by atoms with Gasteiger partial charge in [-0.15, -0.1) is 0 Å². The Morgan fingerprint density at radius 1 is 1.25 bits per heavy atom. The minimum atomic E-state index is 0.500. The van der Waals surface area contributed by atoms with Crippen molar-refractivity contribution < 1.29 is 0 Å². The van der Waals surface area contributed by atoms with Gasteiger partial charge in [-0.25, -0.2) is 0 Å². The van der Waals surface area contributed by atoms with Crippen molar-refractivity contribution in [2.24, 2.45) is 5.92 Å². The first-order valence-corrected chi connectivity index (χ1v) is 8.45. The number of likely N-dealkylation sites (N-methyl/N-ethyl adjacent to an activating group) is 1. The Morgan fingerprint density at radius 3 is 2.70 bits per heavy atom. The van der Waals surface area contributed by atoms with Gasteiger partial charge in [-0.2, -0.15) is 0 Å². The third kappa shape index (κ3) is 4.59. The van der Waals surface area contributed by atoms with Crippen LogP contribution in [0.3, 0.4) is 0 Å². The number of aromatic nitrogens is 1. The molecule has 0 bridgehead atoms. The van der Waals surface area contributed by atoms with E-state index in [1.165, 1.54) is 50.6 Å². The van der Waals surface area contributed by atoms with Gasteiger partial charge in [0.25, 0.3) is 0 Å². The molecule has 1 fully saturated rings. The van der Waals surface area contributed by atoms with E-state index in [1.807, 2.05) is 12.3 Å². The standard InChI is InChI=1S/C18H30N2/c1-3-19-18(13-12-16-9-5-4-6-10-16)15(2)17-11-7-8-14-20-17/h7-8,11,14-16,18-19H,3-6,9-10,12-13H2,1-2H3. The fourth-order valence-corrected chi connectivity index (χ4v) is 3.53. The fraction of sp³-hybridized carbons (Fsp3) is 0.722. The second-order valence-corrected chi connectivity index (χ2v) is 6.29. The second kappa shape index (κ2) is 8.41. The van der Waals surface area contributed by atoms with Crippen molar-refractivity contribution in [1.82, 2.24) is 10.3 Å². The number of pyridine rings is 1. The van der Waals surface area contributed by atoms with Gasteiger partial charge in [0.2, 0.25) is 0 Å². The molecule has 1 aromatic heterocycles. The van der Waals surface area contributed by atoms with Gasteiger partial charge < -0.3 is 5.32 Å². The van der Waals surface area contributed by atoms with Crippen LogP contribution in [0.4, 0.5) is 0 Å². The molecule has 0 radical (unpaired) electrons. The molecule has 2 rings (SSSR count). The molecule has 2 nitrogen and oxygen atoms in total. The average Bonchev–Trinajstić information content (AvgIpc) is 2.52. The molecule has 1 aliphatic carbocycles. The summed E-state index contributed by atoms with van der Waals surface area (Å²) in [5.41, 5.74) is 1.22. The number of rotatable bonds is 7. The van der Waals surface area contributed by atoms with E-state index in [2.05, 4.69) is 36.3 Å². The zero-order chi connectivity index (χ0) is 14.2. The Morgan fingerprint density at radius 2 is 2.05 bits per heavy atom. The van der Waals surface area contributed by atoms with Crippen molar-refractivity contribution in [2.75, 3.05) is 6.54 Å². The molecule has 2 heteroatoms. The Balaban J connectivity index is 1.88. The van der Waals surface area contributed by atoms with E-state index in [-0.39, 0.29) is 0 Å². The molecular weight excluding hydrogens is 244 g/mol. The molecule has 1 heterocycles. The van der Waals surface area contributed by atoms with Gasteiger partial charge in [-0.3, -0.25) is 4.98 Å². The third-order valence-electron chi connectivity index (χ3n) is 4.83. The summed E-state index contributed by atoms with van der Waals surface area (Å²) in [5.74, 6) is 1.47. The molecule has 2 atom stereocenters. The zero-order valence-electron chi connectivity index (χ0n) is 13.1. The summed E-state index contributed by atoms with van der Waals surface area (Å²) in [6, 6.07) is 6.83. The lowest BCUT2D eigenvalue weighted by molar-refractivity contribution is 0.303. The maximum absolute atomic E-state index is 4.54. The predicted molar refractivity (Wildman–Crippen MR) is 85.9 cm³/mol. The molecule has 1 N–H and O–H groups in total. The summed E-state index contributed by atoms with van der Waals surface area (Å²) in [6.45, 7) is 5.57. The highest BCUT2D eigenvalue weighted by Crippen LogP contribution is 2.29. The van der Waals surface area contributed by atoms with E-state index >= 15 is 0 Å². The summed E-state index contributed by atoms with van der Waals surface area (Å²) in [4.78, 5) is 4.54. The molecule has 0 aliphatic heterocycles. The quantitative estimate of drug-likeness (QED) is 0.790. The minimum absolute atomic E-state index is 0.500. The molecule has 1 aliphatic rings. The highest BCUT2D eigenvalue weighted by atomic mass is 14.9. The van der Waals surface area contributed by atoms with Crippen molar-refractivity contribution in [2.45, 2.75) is 70.8 Å². The van der Waals surface area contributed by atoms with Crippen LogP contribution in [0.15, 0.2) is 24.4 Å². The average molecular weight is 274 g/mol. The van der Waals surface area contributed by atoms with Crippen molar-refractivity contribution in [3.8, 4) is 0 Å².